The minimum absolute atomic E-state index is 0.255. The van der Waals surface area contributed by atoms with Crippen LogP contribution in [0.1, 0.15) is 15.9 Å². The third-order valence-electron chi connectivity index (χ3n) is 1.62. The Morgan fingerprint density at radius 2 is 1.85 bits per heavy atom. The monoisotopic (exact) mass is 214 g/mol. The van der Waals surface area contributed by atoms with E-state index in [9.17, 15) is 4.79 Å². The van der Waals surface area contributed by atoms with Gasteiger partial charge in [0.2, 0.25) is 0 Å². The number of aryl methyl sites for hydroxylation is 1. The second-order valence-electron chi connectivity index (χ2n) is 2.67. The molecule has 0 N–H and O–H groups in total. The van der Waals surface area contributed by atoms with Crippen LogP contribution in [-0.4, -0.2) is 5.78 Å². The van der Waals surface area contributed by atoms with Crippen LogP contribution in [0, 0.1) is 6.92 Å². The van der Waals surface area contributed by atoms with Crippen molar-refractivity contribution >= 4 is 29.0 Å². The van der Waals surface area contributed by atoms with Crippen LogP contribution in [0.15, 0.2) is 24.8 Å². The molecule has 0 radical (unpaired) electrons. The number of allylic oxidation sites excluding steroid dienone is 1. The van der Waals surface area contributed by atoms with Gasteiger partial charge in [0.25, 0.3) is 0 Å². The third kappa shape index (κ3) is 2.11. The Labute approximate surface area is 87.0 Å². The fourth-order valence-corrected chi connectivity index (χ4v) is 1.82. The van der Waals surface area contributed by atoms with Crippen molar-refractivity contribution in [3.63, 3.8) is 0 Å². The largest absolute Gasteiger partial charge is 0.289 e. The molecule has 3 heteroatoms. The van der Waals surface area contributed by atoms with Crippen LogP contribution >= 0.6 is 23.2 Å². The van der Waals surface area contributed by atoms with E-state index in [-0.39, 0.29) is 5.78 Å². The predicted octanol–water partition coefficient (Wildman–Crippen LogP) is 3.67. The number of benzene rings is 1. The van der Waals surface area contributed by atoms with Crippen LogP contribution in [0.3, 0.4) is 0 Å². The highest BCUT2D eigenvalue weighted by Gasteiger charge is 2.11. The first-order chi connectivity index (χ1) is 6.06. The van der Waals surface area contributed by atoms with Crippen LogP contribution in [0.25, 0.3) is 0 Å². The molecule has 1 nitrogen and oxygen atoms in total. The van der Waals surface area contributed by atoms with Crippen molar-refractivity contribution in [1.82, 2.24) is 0 Å². The lowest BCUT2D eigenvalue weighted by Crippen LogP contribution is -1.96. The summed E-state index contributed by atoms with van der Waals surface area (Å²) >= 11 is 11.7. The lowest BCUT2D eigenvalue weighted by atomic mass is 10.1. The number of hydrogen-bond acceptors (Lipinski definition) is 1. The molecule has 0 saturated carbocycles. The minimum atomic E-state index is -0.255. The van der Waals surface area contributed by atoms with Gasteiger partial charge in [0.15, 0.2) is 5.78 Å². The first-order valence-corrected chi connectivity index (χ1v) is 4.44. The van der Waals surface area contributed by atoms with E-state index >= 15 is 0 Å². The van der Waals surface area contributed by atoms with Gasteiger partial charge in [-0.05, 0) is 30.7 Å². The van der Waals surface area contributed by atoms with Crippen LogP contribution in [-0.2, 0) is 0 Å². The van der Waals surface area contributed by atoms with Gasteiger partial charge < -0.3 is 0 Å². The van der Waals surface area contributed by atoms with E-state index in [1.165, 1.54) is 6.08 Å². The molecule has 1 rings (SSSR count). The maximum atomic E-state index is 11.3. The van der Waals surface area contributed by atoms with Gasteiger partial charge in [-0.3, -0.25) is 4.79 Å². The van der Waals surface area contributed by atoms with E-state index in [0.717, 1.165) is 5.56 Å². The number of carbonyl (C=O) groups excluding carboxylic acids is 1. The topological polar surface area (TPSA) is 17.1 Å². The fourth-order valence-electron chi connectivity index (χ4n) is 1.04. The standard InChI is InChI=1S/C10H8Cl2O/c1-3-9(13)10-7(11)4-6(2)5-8(10)12/h3-5H,1H2,2H3. The minimum Gasteiger partial charge on any atom is -0.289 e. The van der Waals surface area contributed by atoms with Gasteiger partial charge in [-0.15, -0.1) is 0 Å². The van der Waals surface area contributed by atoms with Crippen LogP contribution < -0.4 is 0 Å². The zero-order valence-corrected chi connectivity index (χ0v) is 8.62. The Morgan fingerprint density at radius 1 is 1.38 bits per heavy atom. The molecule has 0 atom stereocenters. The molecule has 0 aromatic heterocycles. The lowest BCUT2D eigenvalue weighted by Gasteiger charge is -2.04. The average Bonchev–Trinajstić information content (AvgIpc) is 2.02. The molecule has 0 saturated heterocycles. The second-order valence-corrected chi connectivity index (χ2v) is 3.49. The van der Waals surface area contributed by atoms with Crippen molar-refractivity contribution in [3.05, 3.63) is 46.0 Å². The van der Waals surface area contributed by atoms with E-state index in [0.29, 0.717) is 15.6 Å². The van der Waals surface area contributed by atoms with Crippen molar-refractivity contribution in [2.24, 2.45) is 0 Å². The molecular formula is C10H8Cl2O. The highest BCUT2D eigenvalue weighted by molar-refractivity contribution is 6.40. The molecule has 0 bridgehead atoms. The second kappa shape index (κ2) is 3.95. The highest BCUT2D eigenvalue weighted by atomic mass is 35.5. The van der Waals surface area contributed by atoms with E-state index in [2.05, 4.69) is 6.58 Å². The Kier molecular flexibility index (Phi) is 3.12. The molecule has 0 unspecified atom stereocenters. The SMILES string of the molecule is C=CC(=O)c1c(Cl)cc(C)cc1Cl. The molecule has 0 heterocycles. The molecule has 68 valence electrons. The lowest BCUT2D eigenvalue weighted by molar-refractivity contribution is 0.104. The molecule has 1 aromatic rings. The zero-order valence-electron chi connectivity index (χ0n) is 7.10. The summed E-state index contributed by atoms with van der Waals surface area (Å²) < 4.78 is 0. The Morgan fingerprint density at radius 3 is 2.23 bits per heavy atom. The highest BCUT2D eigenvalue weighted by Crippen LogP contribution is 2.26. The number of rotatable bonds is 2. The first kappa shape index (κ1) is 10.3. The average molecular weight is 215 g/mol. The Balaban J connectivity index is 3.36. The van der Waals surface area contributed by atoms with E-state index < -0.39 is 0 Å². The summed E-state index contributed by atoms with van der Waals surface area (Å²) in [4.78, 5) is 11.3. The van der Waals surface area contributed by atoms with Crippen molar-refractivity contribution < 1.29 is 4.79 Å². The Bertz CT molecular complexity index is 346. The molecule has 0 amide bonds. The zero-order chi connectivity index (χ0) is 10.0. The van der Waals surface area contributed by atoms with Crippen LogP contribution in [0.2, 0.25) is 10.0 Å². The first-order valence-electron chi connectivity index (χ1n) is 3.68. The number of hydrogen-bond donors (Lipinski definition) is 0. The quantitative estimate of drug-likeness (QED) is 0.543. The molecular weight excluding hydrogens is 207 g/mol. The van der Waals surface area contributed by atoms with Crippen molar-refractivity contribution in [2.45, 2.75) is 6.92 Å². The fraction of sp³-hybridized carbons (Fsp3) is 0.100. The van der Waals surface area contributed by atoms with Gasteiger partial charge >= 0.3 is 0 Å². The molecule has 0 aliphatic carbocycles. The summed E-state index contributed by atoms with van der Waals surface area (Å²) in [6.07, 6.45) is 1.20. The molecule has 13 heavy (non-hydrogen) atoms. The molecule has 0 fully saturated rings. The predicted molar refractivity (Wildman–Crippen MR) is 55.7 cm³/mol. The summed E-state index contributed by atoms with van der Waals surface area (Å²) in [5.74, 6) is -0.255. The van der Waals surface area contributed by atoms with Crippen molar-refractivity contribution in [2.75, 3.05) is 0 Å². The smallest absolute Gasteiger partial charge is 0.188 e. The molecule has 0 spiro atoms. The normalized spacial score (nSPS) is 9.77. The van der Waals surface area contributed by atoms with Gasteiger partial charge in [-0.1, -0.05) is 29.8 Å². The van der Waals surface area contributed by atoms with Gasteiger partial charge in [0.05, 0.1) is 15.6 Å². The summed E-state index contributed by atoms with van der Waals surface area (Å²) in [7, 11) is 0. The van der Waals surface area contributed by atoms with Crippen molar-refractivity contribution in [3.8, 4) is 0 Å². The van der Waals surface area contributed by atoms with Gasteiger partial charge in [-0.2, -0.15) is 0 Å². The Hall–Kier alpha value is -0.790. The molecule has 0 aliphatic rings. The molecule has 0 aliphatic heterocycles. The summed E-state index contributed by atoms with van der Waals surface area (Å²) in [5, 5.41) is 0.741. The van der Waals surface area contributed by atoms with Crippen LogP contribution in [0.5, 0.6) is 0 Å². The number of halogens is 2. The van der Waals surface area contributed by atoms with E-state index in [4.69, 9.17) is 23.2 Å². The van der Waals surface area contributed by atoms with E-state index in [1.807, 2.05) is 6.92 Å². The number of ketones is 1. The maximum absolute atomic E-state index is 11.3. The van der Waals surface area contributed by atoms with Gasteiger partial charge in [0.1, 0.15) is 0 Å². The summed E-state index contributed by atoms with van der Waals surface area (Å²) in [5.41, 5.74) is 1.25. The maximum Gasteiger partial charge on any atom is 0.188 e. The van der Waals surface area contributed by atoms with E-state index in [1.54, 1.807) is 12.1 Å². The van der Waals surface area contributed by atoms with Crippen LogP contribution in [0.4, 0.5) is 0 Å². The molecule has 1 aromatic carbocycles. The van der Waals surface area contributed by atoms with Gasteiger partial charge in [-0.25, -0.2) is 0 Å². The van der Waals surface area contributed by atoms with Gasteiger partial charge in [0, 0.05) is 0 Å². The summed E-state index contributed by atoms with van der Waals surface area (Å²) in [6, 6.07) is 3.40. The third-order valence-corrected chi connectivity index (χ3v) is 2.21. The number of carbonyl (C=O) groups is 1. The summed E-state index contributed by atoms with van der Waals surface area (Å²) in [6.45, 7) is 5.24. The van der Waals surface area contributed by atoms with Crippen molar-refractivity contribution in [1.29, 1.82) is 0 Å².